The van der Waals surface area contributed by atoms with Crippen LogP contribution in [0, 0.1) is 23.7 Å². The maximum Gasteiger partial charge on any atom is 0.333 e. The van der Waals surface area contributed by atoms with Crippen molar-refractivity contribution < 1.29 is 19.1 Å². The van der Waals surface area contributed by atoms with Gasteiger partial charge in [0.25, 0.3) is 0 Å². The van der Waals surface area contributed by atoms with Gasteiger partial charge in [-0.1, -0.05) is 12.2 Å². The van der Waals surface area contributed by atoms with Crippen LogP contribution in [0.4, 0.5) is 0 Å². The summed E-state index contributed by atoms with van der Waals surface area (Å²) in [5.41, 5.74) is 1.09. The molecule has 4 heteroatoms. The van der Waals surface area contributed by atoms with Crippen molar-refractivity contribution in [3.63, 3.8) is 0 Å². The van der Waals surface area contributed by atoms with E-state index in [9.17, 15) is 9.59 Å². The highest BCUT2D eigenvalue weighted by Crippen LogP contribution is 2.53. The minimum absolute atomic E-state index is 0.132. The highest BCUT2D eigenvalue weighted by atomic mass is 16.6. The Morgan fingerprint density at radius 3 is 1.33 bits per heavy atom. The third-order valence-corrected chi connectivity index (χ3v) is 8.36. The maximum atomic E-state index is 11.7. The molecule has 0 saturated heterocycles. The monoisotopic (exact) mass is 416 g/mol. The van der Waals surface area contributed by atoms with Gasteiger partial charge in [0.05, 0.1) is 0 Å². The standard InChI is InChI=1S/2C13H20O2/c2*1-4-9(2)12(14)15-13(3)8-10-5-6-11(13)7-10/h2*4,10-11H,5-8H2,1-3H3/b2*9-4+. The van der Waals surface area contributed by atoms with Gasteiger partial charge in [-0.3, -0.25) is 0 Å². The van der Waals surface area contributed by atoms with Crippen molar-refractivity contribution in [1.82, 2.24) is 0 Å². The highest BCUT2D eigenvalue weighted by molar-refractivity contribution is 5.88. The molecule has 4 aliphatic rings. The van der Waals surface area contributed by atoms with Gasteiger partial charge in [-0.2, -0.15) is 0 Å². The predicted octanol–water partition coefficient (Wildman–Crippen LogP) is 6.15. The molecule has 6 atom stereocenters. The largest absolute Gasteiger partial charge is 0.456 e. The summed E-state index contributed by atoms with van der Waals surface area (Å²) in [6, 6.07) is 0. The summed E-state index contributed by atoms with van der Waals surface area (Å²) in [7, 11) is 0. The first-order valence-electron chi connectivity index (χ1n) is 11.8. The molecule has 6 unspecified atom stereocenters. The number of fused-ring (bicyclic) bond motifs is 4. The molecule has 0 aliphatic heterocycles. The molecule has 0 aromatic heterocycles. The number of carbonyl (C=O) groups excluding carboxylic acids is 2. The van der Waals surface area contributed by atoms with Crippen LogP contribution in [0.2, 0.25) is 0 Å². The molecule has 4 rings (SSSR count). The zero-order chi connectivity index (χ0) is 22.1. The summed E-state index contributed by atoms with van der Waals surface area (Å²) in [4.78, 5) is 23.4. The van der Waals surface area contributed by atoms with Crippen LogP contribution in [0.25, 0.3) is 0 Å². The molecule has 0 spiro atoms. The third kappa shape index (κ3) is 4.68. The molecule has 0 heterocycles. The zero-order valence-corrected chi connectivity index (χ0v) is 19.8. The number of allylic oxidation sites excluding steroid dienone is 2. The molecule has 4 nitrogen and oxygen atoms in total. The van der Waals surface area contributed by atoms with Crippen LogP contribution in [0.1, 0.15) is 92.9 Å². The van der Waals surface area contributed by atoms with E-state index in [1.165, 1.54) is 38.5 Å². The zero-order valence-electron chi connectivity index (χ0n) is 19.8. The Morgan fingerprint density at radius 1 is 0.733 bits per heavy atom. The first-order chi connectivity index (χ1) is 14.1. The lowest BCUT2D eigenvalue weighted by molar-refractivity contribution is -0.159. The molecule has 168 valence electrons. The van der Waals surface area contributed by atoms with Crippen molar-refractivity contribution in [2.45, 2.75) is 104 Å². The van der Waals surface area contributed by atoms with Crippen LogP contribution in [0.5, 0.6) is 0 Å². The molecular formula is C26H40O4. The number of ether oxygens (including phenoxy) is 2. The van der Waals surface area contributed by atoms with Crippen molar-refractivity contribution >= 4 is 11.9 Å². The van der Waals surface area contributed by atoms with Crippen LogP contribution >= 0.6 is 0 Å². The van der Waals surface area contributed by atoms with Crippen molar-refractivity contribution in [3.8, 4) is 0 Å². The second kappa shape index (κ2) is 8.88. The molecule has 0 N–H and O–H groups in total. The van der Waals surface area contributed by atoms with Crippen LogP contribution in [0.15, 0.2) is 23.3 Å². The van der Waals surface area contributed by atoms with Crippen LogP contribution < -0.4 is 0 Å². The summed E-state index contributed by atoms with van der Waals surface area (Å²) in [5.74, 6) is 2.56. The van der Waals surface area contributed by atoms with Gasteiger partial charge in [0.1, 0.15) is 11.2 Å². The molecule has 4 bridgehead atoms. The first kappa shape index (κ1) is 23.1. The van der Waals surface area contributed by atoms with E-state index in [1.54, 1.807) is 0 Å². The average molecular weight is 417 g/mol. The molecule has 0 amide bonds. The van der Waals surface area contributed by atoms with Crippen molar-refractivity contribution in [2.75, 3.05) is 0 Å². The van der Waals surface area contributed by atoms with Crippen molar-refractivity contribution in [1.29, 1.82) is 0 Å². The fraction of sp³-hybridized carbons (Fsp3) is 0.769. The van der Waals surface area contributed by atoms with Crippen LogP contribution in [-0.2, 0) is 19.1 Å². The van der Waals surface area contributed by atoms with E-state index >= 15 is 0 Å². The van der Waals surface area contributed by atoms with Gasteiger partial charge in [-0.25, -0.2) is 9.59 Å². The Hall–Kier alpha value is -1.58. The van der Waals surface area contributed by atoms with Crippen molar-refractivity contribution in [3.05, 3.63) is 23.3 Å². The number of rotatable bonds is 4. The van der Waals surface area contributed by atoms with E-state index in [0.29, 0.717) is 11.8 Å². The van der Waals surface area contributed by atoms with Gasteiger partial charge in [0.15, 0.2) is 0 Å². The molecule has 30 heavy (non-hydrogen) atoms. The van der Waals surface area contributed by atoms with Crippen molar-refractivity contribution in [2.24, 2.45) is 23.7 Å². The minimum Gasteiger partial charge on any atom is -0.456 e. The predicted molar refractivity (Wildman–Crippen MR) is 119 cm³/mol. The number of carbonyl (C=O) groups is 2. The number of esters is 2. The van der Waals surface area contributed by atoms with E-state index in [1.807, 2.05) is 39.8 Å². The lowest BCUT2D eigenvalue weighted by Crippen LogP contribution is -2.37. The van der Waals surface area contributed by atoms with Gasteiger partial charge in [0.2, 0.25) is 0 Å². The van der Waals surface area contributed by atoms with Crippen LogP contribution in [0.3, 0.4) is 0 Å². The number of hydrogen-bond acceptors (Lipinski definition) is 4. The lowest BCUT2D eigenvalue weighted by atomic mass is 9.85. The lowest BCUT2D eigenvalue weighted by Gasteiger charge is -2.33. The molecule has 4 aliphatic carbocycles. The summed E-state index contributed by atoms with van der Waals surface area (Å²) in [6.45, 7) is 11.6. The minimum atomic E-state index is -0.176. The second-order valence-corrected chi connectivity index (χ2v) is 10.5. The molecule has 0 aromatic carbocycles. The Labute approximate surface area is 182 Å². The third-order valence-electron chi connectivity index (χ3n) is 8.36. The fourth-order valence-electron chi connectivity index (χ4n) is 6.18. The highest BCUT2D eigenvalue weighted by Gasteiger charge is 2.51. The van der Waals surface area contributed by atoms with E-state index < -0.39 is 0 Å². The topological polar surface area (TPSA) is 52.6 Å². The Morgan fingerprint density at radius 2 is 1.10 bits per heavy atom. The Balaban J connectivity index is 0.000000171. The van der Waals surface area contributed by atoms with E-state index in [2.05, 4.69) is 13.8 Å². The SMILES string of the molecule is C/C=C(\C)C(=O)OC1(C)CC2CCC1C2.C/C=C(\C)C(=O)OC1(C)CC2CCC1C2. The second-order valence-electron chi connectivity index (χ2n) is 10.5. The molecular weight excluding hydrogens is 376 g/mol. The van der Waals surface area contributed by atoms with Gasteiger partial charge >= 0.3 is 11.9 Å². The van der Waals surface area contributed by atoms with Crippen LogP contribution in [-0.4, -0.2) is 23.1 Å². The maximum absolute atomic E-state index is 11.7. The average Bonchev–Trinajstić information content (AvgIpc) is 3.47. The van der Waals surface area contributed by atoms with E-state index in [-0.39, 0.29) is 23.1 Å². The first-order valence-corrected chi connectivity index (χ1v) is 11.8. The molecule has 4 fully saturated rings. The Kier molecular flexibility index (Phi) is 6.84. The van der Waals surface area contributed by atoms with Gasteiger partial charge < -0.3 is 9.47 Å². The Bertz CT molecular complexity index is 673. The smallest absolute Gasteiger partial charge is 0.333 e. The van der Waals surface area contributed by atoms with Gasteiger partial charge in [0, 0.05) is 11.1 Å². The van der Waals surface area contributed by atoms with Gasteiger partial charge in [-0.05, 0) is 117 Å². The number of hydrogen-bond donors (Lipinski definition) is 0. The molecule has 0 aromatic rings. The molecule has 4 saturated carbocycles. The molecule has 0 radical (unpaired) electrons. The quantitative estimate of drug-likeness (QED) is 0.407. The van der Waals surface area contributed by atoms with E-state index in [0.717, 1.165) is 35.8 Å². The summed E-state index contributed by atoms with van der Waals surface area (Å²) < 4.78 is 11.4. The summed E-state index contributed by atoms with van der Waals surface area (Å²) >= 11 is 0. The summed E-state index contributed by atoms with van der Waals surface area (Å²) in [5, 5.41) is 0. The van der Waals surface area contributed by atoms with Gasteiger partial charge in [-0.15, -0.1) is 0 Å². The van der Waals surface area contributed by atoms with E-state index in [4.69, 9.17) is 9.47 Å². The normalized spacial score (nSPS) is 39.5. The fourth-order valence-corrected chi connectivity index (χ4v) is 6.18. The summed E-state index contributed by atoms with van der Waals surface area (Å²) in [6.07, 6.45) is 13.4.